The summed E-state index contributed by atoms with van der Waals surface area (Å²) in [5.41, 5.74) is 0.337. The molecule has 0 radical (unpaired) electrons. The molecule has 0 saturated carbocycles. The first-order valence-electron chi connectivity index (χ1n) is 10.6. The number of pyridine rings is 1. The first-order valence-corrected chi connectivity index (χ1v) is 13.9. The molecule has 0 unspecified atom stereocenters. The quantitative estimate of drug-likeness (QED) is 0.413. The summed E-state index contributed by atoms with van der Waals surface area (Å²) in [5.74, 6) is -0.544. The molecular formula is C22H34ClN3O4Si. The van der Waals surface area contributed by atoms with Crippen LogP contribution in [0, 0.1) is 12.8 Å². The fraction of sp³-hybridized carbons (Fsp3) is 0.636. The number of hydrogen-bond donors (Lipinski definition) is 0. The summed E-state index contributed by atoms with van der Waals surface area (Å²) in [4.78, 5) is 34.3. The van der Waals surface area contributed by atoms with Crippen LogP contribution in [0.15, 0.2) is 11.0 Å². The Morgan fingerprint density at radius 1 is 1.26 bits per heavy atom. The molecule has 0 saturated heterocycles. The lowest BCUT2D eigenvalue weighted by atomic mass is 10.0. The van der Waals surface area contributed by atoms with Gasteiger partial charge >= 0.3 is 5.97 Å². The Bertz CT molecular complexity index is 1030. The third-order valence-corrected chi connectivity index (χ3v) is 10.9. The van der Waals surface area contributed by atoms with Crippen LogP contribution in [-0.4, -0.2) is 42.0 Å². The van der Waals surface area contributed by atoms with Gasteiger partial charge in [0.25, 0.3) is 0 Å². The fourth-order valence-corrected chi connectivity index (χ4v) is 4.06. The van der Waals surface area contributed by atoms with Crippen LogP contribution in [0.5, 0.6) is 0 Å². The van der Waals surface area contributed by atoms with Gasteiger partial charge in [-0.25, -0.2) is 14.8 Å². The highest BCUT2D eigenvalue weighted by atomic mass is 35.5. The first-order chi connectivity index (χ1) is 14.2. The van der Waals surface area contributed by atoms with E-state index in [1.165, 1.54) is 6.20 Å². The first kappa shape index (κ1) is 25.5. The molecule has 172 valence electrons. The normalized spacial score (nSPS) is 13.6. The monoisotopic (exact) mass is 467 g/mol. The minimum atomic E-state index is -2.02. The number of carbonyl (C=O) groups is 1. The number of nitrogens with zero attached hydrogens (tertiary/aromatic N) is 3. The number of esters is 1. The minimum absolute atomic E-state index is 0.0547. The Kier molecular flexibility index (Phi) is 7.71. The van der Waals surface area contributed by atoms with Crippen molar-refractivity contribution < 1.29 is 14.0 Å². The van der Waals surface area contributed by atoms with E-state index in [2.05, 4.69) is 57.7 Å². The molecule has 1 atom stereocenters. The molecule has 0 spiro atoms. The van der Waals surface area contributed by atoms with Gasteiger partial charge in [0, 0.05) is 6.20 Å². The second-order valence-corrected chi connectivity index (χ2v) is 14.8. The molecule has 7 nitrogen and oxygen atoms in total. The van der Waals surface area contributed by atoms with Gasteiger partial charge in [0.1, 0.15) is 5.56 Å². The maximum absolute atomic E-state index is 13.0. The van der Waals surface area contributed by atoms with Crippen molar-refractivity contribution in [1.82, 2.24) is 14.5 Å². The zero-order chi connectivity index (χ0) is 23.7. The number of aryl methyl sites for hydroxylation is 1. The standard InChI is InChI=1S/C22H34ClN3O4Si/c1-10-29-21(28)15-11-26(20-17(18(15)27)25-19(23)14(4)24-20)16(13(2)3)12-30-31(8,9)22(5,6)7/h11,13,16H,10,12H2,1-9H3/t16-/m1/s1. The second-order valence-electron chi connectivity index (χ2n) is 9.65. The van der Waals surface area contributed by atoms with Crippen molar-refractivity contribution in [2.24, 2.45) is 5.92 Å². The molecule has 31 heavy (non-hydrogen) atoms. The molecular weight excluding hydrogens is 434 g/mol. The highest BCUT2D eigenvalue weighted by Crippen LogP contribution is 2.37. The van der Waals surface area contributed by atoms with Crippen molar-refractivity contribution >= 4 is 37.1 Å². The van der Waals surface area contributed by atoms with Crippen molar-refractivity contribution in [1.29, 1.82) is 0 Å². The van der Waals surface area contributed by atoms with Gasteiger partial charge in [0.05, 0.1) is 24.9 Å². The van der Waals surface area contributed by atoms with E-state index in [-0.39, 0.29) is 39.8 Å². The summed E-state index contributed by atoms with van der Waals surface area (Å²) >= 11 is 6.16. The Morgan fingerprint density at radius 2 is 1.87 bits per heavy atom. The number of fused-ring (bicyclic) bond motifs is 1. The highest BCUT2D eigenvalue weighted by Gasteiger charge is 2.38. The SMILES string of the molecule is CCOC(=O)c1cn([C@H](CO[Si](C)(C)C(C)(C)C)C(C)C)c2nc(C)c(Cl)nc2c1=O. The molecule has 0 aliphatic rings. The molecule has 0 N–H and O–H groups in total. The van der Waals surface area contributed by atoms with E-state index in [1.807, 2.05) is 4.57 Å². The van der Waals surface area contributed by atoms with Crippen molar-refractivity contribution in [3.05, 3.63) is 32.8 Å². The van der Waals surface area contributed by atoms with Crippen LogP contribution in [0.1, 0.15) is 63.6 Å². The van der Waals surface area contributed by atoms with Gasteiger partial charge in [0.15, 0.2) is 24.6 Å². The fourth-order valence-electron chi connectivity index (χ4n) is 2.92. The zero-order valence-electron chi connectivity index (χ0n) is 20.0. The van der Waals surface area contributed by atoms with Gasteiger partial charge in [-0.1, -0.05) is 46.2 Å². The van der Waals surface area contributed by atoms with Gasteiger partial charge in [-0.2, -0.15) is 0 Å². The van der Waals surface area contributed by atoms with Crippen LogP contribution in [0.25, 0.3) is 11.2 Å². The smallest absolute Gasteiger partial charge is 0.343 e. The summed E-state index contributed by atoms with van der Waals surface area (Å²) in [6.45, 7) is 19.1. The Labute approximate surface area is 190 Å². The van der Waals surface area contributed by atoms with Crippen LogP contribution in [0.3, 0.4) is 0 Å². The highest BCUT2D eigenvalue weighted by molar-refractivity contribution is 6.74. The van der Waals surface area contributed by atoms with E-state index in [9.17, 15) is 9.59 Å². The lowest BCUT2D eigenvalue weighted by Crippen LogP contribution is -2.42. The van der Waals surface area contributed by atoms with Crippen LogP contribution in [0.2, 0.25) is 23.3 Å². The van der Waals surface area contributed by atoms with E-state index in [1.54, 1.807) is 13.8 Å². The molecule has 2 aromatic heterocycles. The van der Waals surface area contributed by atoms with Gasteiger partial charge in [-0.15, -0.1) is 0 Å². The predicted octanol–water partition coefficient (Wildman–Crippen LogP) is 5.15. The predicted molar refractivity (Wildman–Crippen MR) is 127 cm³/mol. The van der Waals surface area contributed by atoms with Gasteiger partial charge in [-0.05, 0) is 37.9 Å². The maximum atomic E-state index is 13.0. The van der Waals surface area contributed by atoms with E-state index >= 15 is 0 Å². The maximum Gasteiger partial charge on any atom is 0.343 e. The van der Waals surface area contributed by atoms with Crippen LogP contribution in [0.4, 0.5) is 0 Å². The average molecular weight is 468 g/mol. The van der Waals surface area contributed by atoms with E-state index < -0.39 is 19.7 Å². The lowest BCUT2D eigenvalue weighted by Gasteiger charge is -2.38. The summed E-state index contributed by atoms with van der Waals surface area (Å²) in [7, 11) is -2.02. The van der Waals surface area contributed by atoms with Crippen molar-refractivity contribution in [3.63, 3.8) is 0 Å². The summed E-state index contributed by atoms with van der Waals surface area (Å²) in [6, 6.07) is -0.166. The Balaban J connectivity index is 2.71. The molecule has 0 aliphatic heterocycles. The van der Waals surface area contributed by atoms with E-state index in [0.717, 1.165) is 0 Å². The zero-order valence-corrected chi connectivity index (χ0v) is 21.8. The third-order valence-electron chi connectivity index (χ3n) is 6.01. The minimum Gasteiger partial charge on any atom is -0.462 e. The van der Waals surface area contributed by atoms with Crippen molar-refractivity contribution in [2.75, 3.05) is 13.2 Å². The number of hydrogen-bond acceptors (Lipinski definition) is 6. The molecule has 0 amide bonds. The number of ether oxygens (including phenoxy) is 1. The van der Waals surface area contributed by atoms with Crippen LogP contribution >= 0.6 is 11.6 Å². The molecule has 9 heteroatoms. The number of aromatic nitrogens is 3. The molecule has 2 aromatic rings. The summed E-state index contributed by atoms with van der Waals surface area (Å²) in [5, 5.41) is 0.191. The lowest BCUT2D eigenvalue weighted by molar-refractivity contribution is 0.0523. The van der Waals surface area contributed by atoms with Crippen LogP contribution in [-0.2, 0) is 9.16 Å². The molecule has 2 rings (SSSR count). The van der Waals surface area contributed by atoms with E-state index in [0.29, 0.717) is 17.9 Å². The summed E-state index contributed by atoms with van der Waals surface area (Å²) in [6.07, 6.45) is 1.53. The number of rotatable bonds is 7. The van der Waals surface area contributed by atoms with Gasteiger partial charge in [-0.3, -0.25) is 4.79 Å². The summed E-state index contributed by atoms with van der Waals surface area (Å²) < 4.78 is 13.4. The molecule has 0 bridgehead atoms. The molecule has 0 fully saturated rings. The van der Waals surface area contributed by atoms with Crippen molar-refractivity contribution in [2.45, 2.75) is 72.6 Å². The molecule has 2 heterocycles. The topological polar surface area (TPSA) is 83.3 Å². The van der Waals surface area contributed by atoms with Gasteiger partial charge in [0.2, 0.25) is 5.43 Å². The number of carbonyl (C=O) groups excluding carboxylic acids is 1. The average Bonchev–Trinajstić information content (AvgIpc) is 2.64. The second kappa shape index (κ2) is 9.38. The van der Waals surface area contributed by atoms with E-state index in [4.69, 9.17) is 20.8 Å². The molecule has 0 aromatic carbocycles. The Morgan fingerprint density at radius 3 is 2.39 bits per heavy atom. The van der Waals surface area contributed by atoms with Gasteiger partial charge < -0.3 is 13.7 Å². The third kappa shape index (κ3) is 5.35. The Hall–Kier alpha value is -1.77. The number of halogens is 1. The largest absolute Gasteiger partial charge is 0.462 e. The molecule has 0 aliphatic carbocycles. The van der Waals surface area contributed by atoms with Crippen molar-refractivity contribution in [3.8, 4) is 0 Å². The van der Waals surface area contributed by atoms with Crippen LogP contribution < -0.4 is 5.43 Å².